The molecule has 258 valence electrons. The Bertz CT molecular complexity index is 825. The van der Waals surface area contributed by atoms with Crippen molar-refractivity contribution in [2.75, 3.05) is 40.9 Å². The number of quaternary nitrogens is 1. The second kappa shape index (κ2) is 28.0. The highest BCUT2D eigenvalue weighted by molar-refractivity contribution is 7.45. The van der Waals surface area contributed by atoms with Crippen LogP contribution in [0.5, 0.6) is 0 Å². The van der Waals surface area contributed by atoms with E-state index in [9.17, 15) is 19.4 Å². The predicted molar refractivity (Wildman–Crippen MR) is 182 cm³/mol. The van der Waals surface area contributed by atoms with Gasteiger partial charge in [0, 0.05) is 6.42 Å². The molecule has 3 unspecified atom stereocenters. The average molecular weight is 643 g/mol. The number of nitrogens with zero attached hydrogens (tertiary/aromatic N) is 1. The summed E-state index contributed by atoms with van der Waals surface area (Å²) in [6.45, 7) is 4.40. The lowest BCUT2D eigenvalue weighted by atomic mass is 10.1. The molecular weight excluding hydrogens is 575 g/mol. The van der Waals surface area contributed by atoms with E-state index in [1.54, 1.807) is 6.08 Å². The monoisotopic (exact) mass is 642 g/mol. The molecule has 0 aromatic heterocycles. The summed E-state index contributed by atoms with van der Waals surface area (Å²) in [4.78, 5) is 24.6. The van der Waals surface area contributed by atoms with Crippen LogP contribution in [0.2, 0.25) is 0 Å². The Kier molecular flexibility index (Phi) is 27.2. The van der Waals surface area contributed by atoms with Gasteiger partial charge < -0.3 is 28.8 Å². The Hall–Kier alpha value is -1.28. The van der Waals surface area contributed by atoms with Gasteiger partial charge >= 0.3 is 0 Å². The maximum absolute atomic E-state index is 12.4. The zero-order chi connectivity index (χ0) is 32.9. The standard InChI is InChI=1S/C35H67N2O6P/c1-6-8-10-11-12-13-14-15-16-17-18-19-20-21-22-23-24-25-27-28-34(38)33(36-35(39)29-26-9-7-2)32-43-44(40,41)42-31-30-37(3,4)5/h18-19,22-23,27-28,33-34,38H,6-17,20-21,24-26,29-32H2,1-5H3,(H-,36,39,40,41)/b19-18+,23-22+,28-27+. The number of carbonyl (C=O) groups excluding carboxylic acids is 1. The first-order valence-corrected chi connectivity index (χ1v) is 18.8. The Labute approximate surface area is 270 Å². The molecule has 0 saturated carbocycles. The number of phosphoric acid groups is 1. The van der Waals surface area contributed by atoms with Gasteiger partial charge in [0.05, 0.1) is 39.9 Å². The molecule has 0 bridgehead atoms. The van der Waals surface area contributed by atoms with Gasteiger partial charge in [0.1, 0.15) is 13.2 Å². The molecule has 0 heterocycles. The Morgan fingerprint density at radius 3 is 1.84 bits per heavy atom. The summed E-state index contributed by atoms with van der Waals surface area (Å²) in [6.07, 6.45) is 31.3. The van der Waals surface area contributed by atoms with Crippen LogP contribution in [0.3, 0.4) is 0 Å². The van der Waals surface area contributed by atoms with Crippen LogP contribution in [-0.4, -0.2) is 68.5 Å². The number of hydrogen-bond donors (Lipinski definition) is 2. The van der Waals surface area contributed by atoms with Crippen molar-refractivity contribution in [2.45, 2.75) is 142 Å². The molecule has 0 radical (unpaired) electrons. The molecule has 0 aromatic carbocycles. The van der Waals surface area contributed by atoms with E-state index in [1.165, 1.54) is 64.2 Å². The van der Waals surface area contributed by atoms with Crippen molar-refractivity contribution >= 4 is 13.7 Å². The number of carbonyl (C=O) groups is 1. The van der Waals surface area contributed by atoms with Crippen LogP contribution in [-0.2, 0) is 18.4 Å². The van der Waals surface area contributed by atoms with E-state index in [-0.39, 0.29) is 12.5 Å². The van der Waals surface area contributed by atoms with Crippen LogP contribution >= 0.6 is 7.82 Å². The number of rotatable bonds is 30. The van der Waals surface area contributed by atoms with E-state index in [0.29, 0.717) is 17.4 Å². The Morgan fingerprint density at radius 1 is 0.773 bits per heavy atom. The number of amides is 1. The van der Waals surface area contributed by atoms with Crippen LogP contribution in [0.15, 0.2) is 36.5 Å². The summed E-state index contributed by atoms with van der Waals surface area (Å²) in [5.41, 5.74) is 0. The third-order valence-corrected chi connectivity index (χ3v) is 8.29. The number of nitrogens with one attached hydrogen (secondary N) is 1. The highest BCUT2D eigenvalue weighted by Gasteiger charge is 2.23. The fourth-order valence-electron chi connectivity index (χ4n) is 4.47. The molecule has 1 amide bonds. The lowest BCUT2D eigenvalue weighted by Crippen LogP contribution is -2.45. The van der Waals surface area contributed by atoms with Gasteiger partial charge in [0.25, 0.3) is 7.82 Å². The predicted octanol–water partition coefficient (Wildman–Crippen LogP) is 7.77. The maximum Gasteiger partial charge on any atom is 0.268 e. The first-order chi connectivity index (χ1) is 21.0. The summed E-state index contributed by atoms with van der Waals surface area (Å²) in [6, 6.07) is -0.900. The minimum Gasteiger partial charge on any atom is -0.756 e. The zero-order valence-corrected chi connectivity index (χ0v) is 29.7. The van der Waals surface area contributed by atoms with Crippen LogP contribution in [0.4, 0.5) is 0 Å². The first kappa shape index (κ1) is 42.7. The number of hydrogen-bond acceptors (Lipinski definition) is 6. The third-order valence-electron chi connectivity index (χ3n) is 7.33. The van der Waals surface area contributed by atoms with Crippen molar-refractivity contribution in [3.63, 3.8) is 0 Å². The summed E-state index contributed by atoms with van der Waals surface area (Å²) in [5.74, 6) is -0.240. The molecule has 8 nitrogen and oxygen atoms in total. The quantitative estimate of drug-likeness (QED) is 0.0359. The fraction of sp³-hybridized carbons (Fsp3) is 0.800. The van der Waals surface area contributed by atoms with Gasteiger partial charge in [-0.25, -0.2) is 0 Å². The van der Waals surface area contributed by atoms with E-state index < -0.39 is 26.6 Å². The van der Waals surface area contributed by atoms with Crippen molar-refractivity contribution < 1.29 is 32.9 Å². The second-order valence-corrected chi connectivity index (χ2v) is 14.3. The van der Waals surface area contributed by atoms with Gasteiger partial charge in [-0.3, -0.25) is 9.36 Å². The van der Waals surface area contributed by atoms with Gasteiger partial charge in [-0.15, -0.1) is 0 Å². The molecule has 0 spiro atoms. The molecule has 0 saturated heterocycles. The lowest BCUT2D eigenvalue weighted by molar-refractivity contribution is -0.870. The summed E-state index contributed by atoms with van der Waals surface area (Å²) in [5, 5.41) is 13.4. The van der Waals surface area contributed by atoms with Gasteiger partial charge in [0.15, 0.2) is 0 Å². The number of aliphatic hydroxyl groups excluding tert-OH is 1. The molecule has 0 aliphatic rings. The number of likely N-dealkylation sites (N-methyl/N-ethyl adjacent to an activating group) is 1. The van der Waals surface area contributed by atoms with Crippen molar-refractivity contribution in [2.24, 2.45) is 0 Å². The SMILES string of the molecule is CCCCCCCCCCC/C=C/CC/C=C/CC/C=C/C(O)C(COP(=O)([O-])OCC[N+](C)(C)C)NC(=O)CCCCC. The van der Waals surface area contributed by atoms with Crippen LogP contribution < -0.4 is 10.2 Å². The number of allylic oxidation sites excluding steroid dienone is 5. The molecule has 0 aliphatic carbocycles. The zero-order valence-electron chi connectivity index (χ0n) is 28.9. The summed E-state index contributed by atoms with van der Waals surface area (Å²) < 4.78 is 22.8. The van der Waals surface area contributed by atoms with Crippen molar-refractivity contribution in [1.29, 1.82) is 0 Å². The number of unbranched alkanes of at least 4 members (excludes halogenated alkanes) is 13. The van der Waals surface area contributed by atoms with Crippen LogP contribution in [0, 0.1) is 0 Å². The number of phosphoric ester groups is 1. The minimum atomic E-state index is -4.57. The highest BCUT2D eigenvalue weighted by atomic mass is 31.2. The normalized spacial score (nSPS) is 15.3. The molecule has 0 aromatic rings. The lowest BCUT2D eigenvalue weighted by Gasteiger charge is -2.29. The average Bonchev–Trinajstić information content (AvgIpc) is 2.95. The fourth-order valence-corrected chi connectivity index (χ4v) is 5.20. The summed E-state index contributed by atoms with van der Waals surface area (Å²) in [7, 11) is 1.22. The van der Waals surface area contributed by atoms with Crippen molar-refractivity contribution in [1.82, 2.24) is 5.32 Å². The van der Waals surface area contributed by atoms with E-state index in [0.717, 1.165) is 44.9 Å². The first-order valence-electron chi connectivity index (χ1n) is 17.4. The molecular formula is C35H67N2O6P. The van der Waals surface area contributed by atoms with Gasteiger partial charge in [0.2, 0.25) is 5.91 Å². The molecule has 9 heteroatoms. The van der Waals surface area contributed by atoms with Gasteiger partial charge in [-0.2, -0.15) is 0 Å². The smallest absolute Gasteiger partial charge is 0.268 e. The van der Waals surface area contributed by atoms with Crippen molar-refractivity contribution in [3.05, 3.63) is 36.5 Å². The van der Waals surface area contributed by atoms with Crippen molar-refractivity contribution in [3.8, 4) is 0 Å². The Balaban J connectivity index is 4.38. The van der Waals surface area contributed by atoms with E-state index >= 15 is 0 Å². The third kappa shape index (κ3) is 29.4. The second-order valence-electron chi connectivity index (χ2n) is 12.9. The van der Waals surface area contributed by atoms with Crippen LogP contribution in [0.1, 0.15) is 129 Å². The minimum absolute atomic E-state index is 0.00998. The topological polar surface area (TPSA) is 108 Å². The van der Waals surface area contributed by atoms with Gasteiger partial charge in [-0.1, -0.05) is 115 Å². The number of aliphatic hydroxyl groups is 1. The summed E-state index contributed by atoms with van der Waals surface area (Å²) >= 11 is 0. The van der Waals surface area contributed by atoms with E-state index in [4.69, 9.17) is 9.05 Å². The van der Waals surface area contributed by atoms with E-state index in [2.05, 4.69) is 43.5 Å². The maximum atomic E-state index is 12.4. The molecule has 0 fully saturated rings. The van der Waals surface area contributed by atoms with Gasteiger partial charge in [-0.05, 0) is 44.9 Å². The van der Waals surface area contributed by atoms with Crippen LogP contribution in [0.25, 0.3) is 0 Å². The molecule has 2 N–H and O–H groups in total. The Morgan fingerprint density at radius 2 is 1.27 bits per heavy atom. The molecule has 0 rings (SSSR count). The molecule has 44 heavy (non-hydrogen) atoms. The highest BCUT2D eigenvalue weighted by Crippen LogP contribution is 2.38. The molecule has 3 atom stereocenters. The molecule has 0 aliphatic heterocycles. The van der Waals surface area contributed by atoms with E-state index in [1.807, 2.05) is 27.2 Å². The largest absolute Gasteiger partial charge is 0.756 e.